The number of carbonyl (C=O) groups is 5. The first kappa shape index (κ1) is 35.3. The molecule has 5 atom stereocenters. The highest BCUT2D eigenvalue weighted by Crippen LogP contribution is 2.28. The van der Waals surface area contributed by atoms with Gasteiger partial charge in [0.1, 0.15) is 25.0 Å². The number of hydrogen-bond donors (Lipinski definition) is 4. The Morgan fingerprint density at radius 2 is 1.77 bits per heavy atom. The first-order valence-electron chi connectivity index (χ1n) is 15.5. The van der Waals surface area contributed by atoms with Gasteiger partial charge in [-0.25, -0.2) is 4.79 Å². The summed E-state index contributed by atoms with van der Waals surface area (Å²) in [5, 5.41) is 11.4. The minimum Gasteiger partial charge on any atom is -0.445 e. The summed E-state index contributed by atoms with van der Waals surface area (Å²) in [6, 6.07) is 3.86. The summed E-state index contributed by atoms with van der Waals surface area (Å²) in [6.45, 7) is 7.64. The fourth-order valence-corrected chi connectivity index (χ4v) is 6.04. The van der Waals surface area contributed by atoms with Crippen molar-refractivity contribution in [1.82, 2.24) is 21.3 Å². The lowest BCUT2D eigenvalue weighted by molar-refractivity contribution is -0.136. The van der Waals surface area contributed by atoms with Crippen molar-refractivity contribution in [3.05, 3.63) is 34.9 Å². The van der Waals surface area contributed by atoms with Gasteiger partial charge in [-0.1, -0.05) is 55.8 Å². The zero-order valence-electron chi connectivity index (χ0n) is 26.2. The second-order valence-corrected chi connectivity index (χ2v) is 13.3. The molecule has 4 N–H and O–H groups in total. The Balaban J connectivity index is 1.74. The number of alkyl carbamates (subject to hydrolysis) is 1. The van der Waals surface area contributed by atoms with Gasteiger partial charge < -0.3 is 35.5 Å². The van der Waals surface area contributed by atoms with Gasteiger partial charge in [-0.3, -0.25) is 14.4 Å². The van der Waals surface area contributed by atoms with Crippen molar-refractivity contribution in [2.75, 3.05) is 6.54 Å². The van der Waals surface area contributed by atoms with E-state index >= 15 is 0 Å². The average molecular weight is 635 g/mol. The van der Waals surface area contributed by atoms with Gasteiger partial charge in [0.15, 0.2) is 0 Å². The topological polar surface area (TPSA) is 152 Å². The third-order valence-corrected chi connectivity index (χ3v) is 8.18. The number of nitrogens with one attached hydrogen (secondary N) is 4. The van der Waals surface area contributed by atoms with Crippen LogP contribution in [0.5, 0.6) is 0 Å². The highest BCUT2D eigenvalue weighted by molar-refractivity contribution is 6.30. The molecule has 1 aliphatic carbocycles. The lowest BCUT2D eigenvalue weighted by atomic mass is 9.84. The van der Waals surface area contributed by atoms with E-state index in [0.29, 0.717) is 36.3 Å². The lowest BCUT2D eigenvalue weighted by Crippen LogP contribution is -2.59. The van der Waals surface area contributed by atoms with E-state index in [4.69, 9.17) is 21.1 Å². The van der Waals surface area contributed by atoms with Crippen LogP contribution < -0.4 is 21.3 Å². The first-order chi connectivity index (χ1) is 20.8. The normalized spacial score (nSPS) is 20.0. The van der Waals surface area contributed by atoms with E-state index in [1.807, 2.05) is 20.8 Å². The molecule has 12 heteroatoms. The van der Waals surface area contributed by atoms with Gasteiger partial charge in [0.25, 0.3) is 0 Å². The van der Waals surface area contributed by atoms with Crippen molar-refractivity contribution in [2.45, 2.75) is 115 Å². The highest BCUT2D eigenvalue weighted by Gasteiger charge is 2.36. The Labute approximate surface area is 264 Å². The number of carbonyl (C=O) groups excluding carboxylic acids is 5. The monoisotopic (exact) mass is 634 g/mol. The first-order valence-corrected chi connectivity index (χ1v) is 15.9. The largest absolute Gasteiger partial charge is 0.445 e. The number of aldehydes is 1. The Morgan fingerprint density at radius 1 is 1.05 bits per heavy atom. The third kappa shape index (κ3) is 11.7. The predicted octanol–water partition coefficient (Wildman–Crippen LogP) is 3.80. The molecule has 1 heterocycles. The van der Waals surface area contributed by atoms with Gasteiger partial charge >= 0.3 is 6.09 Å². The van der Waals surface area contributed by atoms with Gasteiger partial charge in [-0.15, -0.1) is 0 Å². The summed E-state index contributed by atoms with van der Waals surface area (Å²) >= 11 is 6.03. The molecule has 2 fully saturated rings. The Bertz CT molecular complexity index is 1150. The third-order valence-electron chi connectivity index (χ3n) is 7.94. The summed E-state index contributed by atoms with van der Waals surface area (Å²) in [6.07, 6.45) is 5.24. The Hall–Kier alpha value is -3.18. The maximum atomic E-state index is 13.8. The number of benzene rings is 1. The number of halogens is 1. The van der Waals surface area contributed by atoms with Gasteiger partial charge in [0.2, 0.25) is 17.7 Å². The van der Waals surface area contributed by atoms with Crippen LogP contribution in [0, 0.1) is 11.8 Å². The summed E-state index contributed by atoms with van der Waals surface area (Å²) < 4.78 is 11.4. The van der Waals surface area contributed by atoms with Gasteiger partial charge in [-0.2, -0.15) is 0 Å². The van der Waals surface area contributed by atoms with Crippen LogP contribution in [0.2, 0.25) is 5.02 Å². The molecule has 1 aliphatic heterocycles. The number of rotatable bonds is 14. The van der Waals surface area contributed by atoms with Gasteiger partial charge in [-0.05, 0) is 70.6 Å². The molecule has 0 unspecified atom stereocenters. The van der Waals surface area contributed by atoms with E-state index in [0.717, 1.165) is 32.1 Å². The van der Waals surface area contributed by atoms with E-state index in [1.54, 1.807) is 31.2 Å². The molecule has 44 heavy (non-hydrogen) atoms. The maximum absolute atomic E-state index is 13.8. The Morgan fingerprint density at radius 3 is 2.39 bits per heavy atom. The minimum absolute atomic E-state index is 0.0615. The molecule has 1 aromatic carbocycles. The number of hydrogen-bond acceptors (Lipinski definition) is 7. The van der Waals surface area contributed by atoms with Crippen molar-refractivity contribution in [2.24, 2.45) is 11.8 Å². The van der Waals surface area contributed by atoms with E-state index < -0.39 is 47.7 Å². The SMILES string of the molecule is C[C@@H](OC(C)(C)C)[C@H](NC(=O)OCc1cccc(Cl)c1)C(=O)N[C@@H](CC1CCCCC1)C(=O)N[C@H](C=O)C[C@@H]1CCNC1=O. The van der Waals surface area contributed by atoms with Crippen LogP contribution in [-0.4, -0.2) is 66.5 Å². The second kappa shape index (κ2) is 16.8. The van der Waals surface area contributed by atoms with Crippen LogP contribution in [0.1, 0.15) is 84.6 Å². The van der Waals surface area contributed by atoms with E-state index in [1.165, 1.54) is 0 Å². The summed E-state index contributed by atoms with van der Waals surface area (Å²) in [5.74, 6) is -1.41. The van der Waals surface area contributed by atoms with Crippen molar-refractivity contribution in [1.29, 1.82) is 0 Å². The quantitative estimate of drug-likeness (QED) is 0.227. The van der Waals surface area contributed by atoms with E-state index in [2.05, 4.69) is 21.3 Å². The number of amides is 4. The fourth-order valence-electron chi connectivity index (χ4n) is 5.82. The predicted molar refractivity (Wildman–Crippen MR) is 166 cm³/mol. The fraction of sp³-hybridized carbons (Fsp3) is 0.656. The summed E-state index contributed by atoms with van der Waals surface area (Å²) in [7, 11) is 0. The molecule has 1 saturated carbocycles. The van der Waals surface area contributed by atoms with Crippen molar-refractivity contribution in [3.8, 4) is 0 Å². The minimum atomic E-state index is -1.19. The van der Waals surface area contributed by atoms with Crippen LogP contribution in [0.4, 0.5) is 4.79 Å². The van der Waals surface area contributed by atoms with Gasteiger partial charge in [0.05, 0.1) is 17.7 Å². The molecular weight excluding hydrogens is 588 g/mol. The average Bonchev–Trinajstić information content (AvgIpc) is 3.37. The molecule has 244 valence electrons. The van der Waals surface area contributed by atoms with Crippen molar-refractivity contribution < 1.29 is 33.4 Å². The maximum Gasteiger partial charge on any atom is 0.408 e. The van der Waals surface area contributed by atoms with Gasteiger partial charge in [0, 0.05) is 17.5 Å². The molecule has 3 rings (SSSR count). The highest BCUT2D eigenvalue weighted by atomic mass is 35.5. The van der Waals surface area contributed by atoms with Crippen LogP contribution in [0.15, 0.2) is 24.3 Å². The summed E-state index contributed by atoms with van der Waals surface area (Å²) in [4.78, 5) is 64.1. The van der Waals surface area contributed by atoms with Crippen molar-refractivity contribution in [3.63, 3.8) is 0 Å². The van der Waals surface area contributed by atoms with Crippen LogP contribution in [-0.2, 0) is 35.3 Å². The zero-order valence-corrected chi connectivity index (χ0v) is 26.9. The molecule has 0 spiro atoms. The molecule has 4 amide bonds. The van der Waals surface area contributed by atoms with Crippen LogP contribution in [0.3, 0.4) is 0 Å². The number of ether oxygens (including phenoxy) is 2. The molecule has 0 radical (unpaired) electrons. The Kier molecular flexibility index (Phi) is 13.5. The van der Waals surface area contributed by atoms with E-state index in [-0.39, 0.29) is 30.8 Å². The molecular formula is C32H47ClN4O7. The molecule has 11 nitrogen and oxygen atoms in total. The second-order valence-electron chi connectivity index (χ2n) is 12.8. The van der Waals surface area contributed by atoms with Crippen molar-refractivity contribution >= 4 is 41.7 Å². The zero-order chi connectivity index (χ0) is 32.3. The molecule has 1 saturated heterocycles. The lowest BCUT2D eigenvalue weighted by Gasteiger charge is -2.32. The molecule has 2 aliphatic rings. The molecule has 0 bridgehead atoms. The molecule has 1 aromatic rings. The van der Waals surface area contributed by atoms with Crippen LogP contribution in [0.25, 0.3) is 0 Å². The van der Waals surface area contributed by atoms with Crippen LogP contribution >= 0.6 is 11.6 Å². The smallest absolute Gasteiger partial charge is 0.408 e. The summed E-state index contributed by atoms with van der Waals surface area (Å²) in [5.41, 5.74) is 0.0454. The molecule has 0 aromatic heterocycles. The standard InChI is InChI=1S/C32H47ClN4O7/c1-20(44-32(2,3)4)27(37-31(42)43-19-22-11-8-12-24(33)15-22)30(41)36-26(16-21-9-6-5-7-10-21)29(40)35-25(18-38)17-23-13-14-34-28(23)39/h8,11-12,15,18,20-21,23,25-27H,5-7,9-10,13-14,16-17,19H2,1-4H3,(H,34,39)(H,35,40)(H,36,41)(H,37,42)/t20-,23+,25+,26+,27+/m1/s1. The van der Waals surface area contributed by atoms with E-state index in [9.17, 15) is 24.0 Å².